The van der Waals surface area contributed by atoms with Gasteiger partial charge in [0.15, 0.2) is 4.87 Å². The highest BCUT2D eigenvalue weighted by molar-refractivity contribution is 8.78. The fraction of sp³-hybridized carbons (Fsp3) is 0.385. The zero-order chi connectivity index (χ0) is 15.0. The lowest BCUT2D eigenvalue weighted by Crippen LogP contribution is -2.77. The van der Waals surface area contributed by atoms with Gasteiger partial charge in [0.1, 0.15) is 5.75 Å². The largest absolute Gasteiger partial charge is 0.506 e. The molecule has 0 radical (unpaired) electrons. The number of fused-ring (bicyclic) bond motifs is 3. The van der Waals surface area contributed by atoms with E-state index in [9.17, 15) is 19.8 Å². The van der Waals surface area contributed by atoms with Crippen LogP contribution in [0.1, 0.15) is 5.56 Å². The van der Waals surface area contributed by atoms with E-state index in [0.29, 0.717) is 12.1 Å². The molecule has 3 fully saturated rings. The van der Waals surface area contributed by atoms with Crippen LogP contribution in [0.3, 0.4) is 0 Å². The molecule has 2 bridgehead atoms. The van der Waals surface area contributed by atoms with Crippen molar-refractivity contribution in [2.24, 2.45) is 0 Å². The van der Waals surface area contributed by atoms with Crippen LogP contribution in [-0.4, -0.2) is 50.3 Å². The van der Waals surface area contributed by atoms with Crippen molar-refractivity contribution in [2.45, 2.75) is 16.2 Å². The Hall–Kier alpha value is -1.38. The number of benzene rings is 1. The number of hydrogen-bond donors (Lipinski definition) is 2. The number of aliphatic hydroxyl groups excluding tert-OH is 1. The summed E-state index contributed by atoms with van der Waals surface area (Å²) in [5.41, 5.74) is 1.17. The standard InChI is InChI=1S/C13H12N2O4S2/c1-14-10(18)12-5-7-3-2-4-8(17)9(7)15(12)11(19)13(14,6-16)21-20-12/h2-4,16-17H,5-6H2,1H3/t12-,13?/m1/s1. The Balaban J connectivity index is 1.99. The van der Waals surface area contributed by atoms with Crippen molar-refractivity contribution in [3.63, 3.8) is 0 Å². The van der Waals surface area contributed by atoms with Gasteiger partial charge in [0, 0.05) is 13.5 Å². The van der Waals surface area contributed by atoms with E-state index in [1.54, 1.807) is 13.1 Å². The number of aromatic hydroxyl groups is 1. The van der Waals surface area contributed by atoms with Crippen LogP contribution in [0, 0.1) is 0 Å². The zero-order valence-electron chi connectivity index (χ0n) is 11.1. The van der Waals surface area contributed by atoms with E-state index >= 15 is 0 Å². The van der Waals surface area contributed by atoms with Crippen LogP contribution >= 0.6 is 21.6 Å². The molecule has 1 spiro atoms. The van der Waals surface area contributed by atoms with Crippen LogP contribution in [0.5, 0.6) is 5.75 Å². The minimum absolute atomic E-state index is 0.0144. The third kappa shape index (κ3) is 1.27. The van der Waals surface area contributed by atoms with Crippen molar-refractivity contribution < 1.29 is 19.8 Å². The monoisotopic (exact) mass is 324 g/mol. The maximum Gasteiger partial charge on any atom is 0.268 e. The third-order valence-electron chi connectivity index (χ3n) is 4.36. The topological polar surface area (TPSA) is 81.1 Å². The highest BCUT2D eigenvalue weighted by atomic mass is 33.1. The number of carbonyl (C=O) groups excluding carboxylic acids is 2. The van der Waals surface area contributed by atoms with Crippen molar-refractivity contribution >= 4 is 39.1 Å². The second-order valence-corrected chi connectivity index (χ2v) is 8.04. The molecule has 0 aromatic heterocycles. The third-order valence-corrected chi connectivity index (χ3v) is 7.98. The maximum absolute atomic E-state index is 12.9. The maximum atomic E-state index is 12.9. The fourth-order valence-corrected chi connectivity index (χ4v) is 6.72. The Labute approximate surface area is 128 Å². The molecular weight excluding hydrogens is 312 g/mol. The first kappa shape index (κ1) is 13.3. The normalized spacial score (nSPS) is 33.4. The lowest BCUT2D eigenvalue weighted by atomic mass is 10.0. The molecule has 0 aliphatic carbocycles. The summed E-state index contributed by atoms with van der Waals surface area (Å²) in [6.45, 7) is -0.457. The summed E-state index contributed by atoms with van der Waals surface area (Å²) < 4.78 is 0. The number of rotatable bonds is 1. The van der Waals surface area contributed by atoms with E-state index in [-0.39, 0.29) is 17.6 Å². The van der Waals surface area contributed by atoms with Crippen LogP contribution < -0.4 is 4.90 Å². The summed E-state index contributed by atoms with van der Waals surface area (Å²) in [6.07, 6.45) is 0.366. The summed E-state index contributed by atoms with van der Waals surface area (Å²) in [4.78, 5) is 26.1. The first-order valence-electron chi connectivity index (χ1n) is 6.39. The quantitative estimate of drug-likeness (QED) is 0.734. The smallest absolute Gasteiger partial charge is 0.268 e. The number of aliphatic hydroxyl groups is 1. The lowest BCUT2D eigenvalue weighted by molar-refractivity contribution is -0.149. The predicted molar refractivity (Wildman–Crippen MR) is 79.8 cm³/mol. The number of anilines is 1. The number of carbonyl (C=O) groups is 2. The van der Waals surface area contributed by atoms with Crippen molar-refractivity contribution in [2.75, 3.05) is 18.6 Å². The van der Waals surface area contributed by atoms with Gasteiger partial charge >= 0.3 is 0 Å². The molecule has 1 unspecified atom stereocenters. The van der Waals surface area contributed by atoms with E-state index in [4.69, 9.17) is 0 Å². The summed E-state index contributed by atoms with van der Waals surface area (Å²) in [7, 11) is 4.06. The highest BCUT2D eigenvalue weighted by Gasteiger charge is 2.71. The fourth-order valence-electron chi connectivity index (χ4n) is 3.21. The molecule has 21 heavy (non-hydrogen) atoms. The lowest BCUT2D eigenvalue weighted by Gasteiger charge is -2.57. The Morgan fingerprint density at radius 1 is 1.29 bits per heavy atom. The summed E-state index contributed by atoms with van der Waals surface area (Å²) in [6, 6.07) is 5.02. The minimum atomic E-state index is -1.31. The minimum Gasteiger partial charge on any atom is -0.506 e. The van der Waals surface area contributed by atoms with Gasteiger partial charge in [-0.2, -0.15) is 0 Å². The molecule has 0 saturated carbocycles. The molecule has 2 atom stereocenters. The van der Waals surface area contributed by atoms with E-state index in [0.717, 1.165) is 5.56 Å². The van der Waals surface area contributed by atoms with Gasteiger partial charge in [-0.15, -0.1) is 0 Å². The SMILES string of the molecule is CN1C(=O)[C@]23Cc4cccc(O)c4N2C(=O)C1(CO)SS3. The van der Waals surface area contributed by atoms with E-state index in [1.165, 1.54) is 37.5 Å². The van der Waals surface area contributed by atoms with Crippen molar-refractivity contribution in [1.29, 1.82) is 0 Å². The van der Waals surface area contributed by atoms with Gasteiger partial charge in [-0.1, -0.05) is 22.9 Å². The Morgan fingerprint density at radius 3 is 2.76 bits per heavy atom. The molecule has 2 amide bonds. The molecule has 110 valence electrons. The van der Waals surface area contributed by atoms with Crippen LogP contribution in [0.25, 0.3) is 0 Å². The Kier molecular flexibility index (Phi) is 2.45. The van der Waals surface area contributed by atoms with Gasteiger partial charge in [0.05, 0.1) is 12.3 Å². The average molecular weight is 324 g/mol. The first-order valence-corrected chi connectivity index (χ1v) is 8.54. The van der Waals surface area contributed by atoms with Gasteiger partial charge in [-0.25, -0.2) is 0 Å². The number of hydrogen-bond acceptors (Lipinski definition) is 6. The molecule has 1 aromatic rings. The number of phenolic OH excluding ortho intramolecular Hbond substituents is 1. The molecule has 8 heteroatoms. The first-order chi connectivity index (χ1) is 9.98. The van der Waals surface area contributed by atoms with Crippen LogP contribution in [0.2, 0.25) is 0 Å². The molecule has 6 nitrogen and oxygen atoms in total. The number of nitrogens with zero attached hydrogens (tertiary/aromatic N) is 2. The number of para-hydroxylation sites is 1. The van der Waals surface area contributed by atoms with Gasteiger partial charge in [0.2, 0.25) is 4.87 Å². The molecule has 4 heterocycles. The average Bonchev–Trinajstić information content (AvgIpc) is 2.83. The molecule has 4 aliphatic heterocycles. The molecule has 1 aromatic carbocycles. The molecule has 2 N–H and O–H groups in total. The van der Waals surface area contributed by atoms with Crippen LogP contribution in [-0.2, 0) is 16.0 Å². The summed E-state index contributed by atoms with van der Waals surface area (Å²) in [5, 5.41) is 19.8. The van der Waals surface area contributed by atoms with Gasteiger partial charge in [-0.05, 0) is 22.4 Å². The number of amides is 2. The van der Waals surface area contributed by atoms with Gasteiger partial charge in [-0.3, -0.25) is 14.5 Å². The van der Waals surface area contributed by atoms with E-state index < -0.39 is 16.3 Å². The Bertz CT molecular complexity index is 697. The van der Waals surface area contributed by atoms with Gasteiger partial charge < -0.3 is 15.1 Å². The van der Waals surface area contributed by atoms with E-state index in [1.807, 2.05) is 6.07 Å². The zero-order valence-corrected chi connectivity index (χ0v) is 12.7. The number of piperazine rings is 1. The molecule has 3 saturated heterocycles. The van der Waals surface area contributed by atoms with Crippen LogP contribution in [0.15, 0.2) is 18.2 Å². The molecular formula is C13H12N2O4S2. The van der Waals surface area contributed by atoms with Crippen LogP contribution in [0.4, 0.5) is 5.69 Å². The summed E-state index contributed by atoms with van der Waals surface area (Å²) >= 11 is 0. The number of likely N-dealkylation sites (N-methyl/N-ethyl adjacent to an activating group) is 1. The second-order valence-electron chi connectivity index (χ2n) is 5.36. The highest BCUT2D eigenvalue weighted by Crippen LogP contribution is 2.64. The van der Waals surface area contributed by atoms with Gasteiger partial charge in [0.25, 0.3) is 11.8 Å². The predicted octanol–water partition coefficient (Wildman–Crippen LogP) is 0.533. The van der Waals surface area contributed by atoms with E-state index in [2.05, 4.69) is 0 Å². The summed E-state index contributed by atoms with van der Waals surface area (Å²) in [5.74, 6) is -0.578. The second kappa shape index (κ2) is 3.88. The van der Waals surface area contributed by atoms with Crippen molar-refractivity contribution in [1.82, 2.24) is 4.90 Å². The number of phenols is 1. The van der Waals surface area contributed by atoms with Crippen molar-refractivity contribution in [3.8, 4) is 5.75 Å². The van der Waals surface area contributed by atoms with Crippen molar-refractivity contribution in [3.05, 3.63) is 23.8 Å². The molecule has 4 aliphatic rings. The molecule has 5 rings (SSSR count). The Morgan fingerprint density at radius 2 is 2.05 bits per heavy atom.